The van der Waals surface area contributed by atoms with Crippen LogP contribution in [0, 0.1) is 10.1 Å². The van der Waals surface area contributed by atoms with Crippen molar-refractivity contribution in [1.82, 2.24) is 9.55 Å². The van der Waals surface area contributed by atoms with Crippen molar-refractivity contribution in [3.8, 4) is 0 Å². The van der Waals surface area contributed by atoms with Gasteiger partial charge in [-0.1, -0.05) is 23.2 Å². The van der Waals surface area contributed by atoms with Gasteiger partial charge in [0.1, 0.15) is 5.69 Å². The van der Waals surface area contributed by atoms with Crippen LogP contribution in [0.1, 0.15) is 33.7 Å². The van der Waals surface area contributed by atoms with Crippen LogP contribution in [0.25, 0.3) is 11.0 Å². The Hall–Kier alpha value is -2.51. The Balaban J connectivity index is 0.000000200. The van der Waals surface area contributed by atoms with Gasteiger partial charge in [0.25, 0.3) is 5.69 Å². The zero-order valence-electron chi connectivity index (χ0n) is 16.0. The highest BCUT2D eigenvalue weighted by atomic mass is 35.5. The minimum atomic E-state index is -0.430. The molecule has 0 atom stereocenters. The first-order valence-electron chi connectivity index (χ1n) is 8.70. The smallest absolute Gasteiger partial charge is 0.326 e. The summed E-state index contributed by atoms with van der Waals surface area (Å²) in [6.07, 6.45) is 0. The normalized spacial score (nSPS) is 10.9. The number of H-pyrrole nitrogens is 1. The zero-order valence-corrected chi connectivity index (χ0v) is 17.5. The molecule has 2 aromatic carbocycles. The topological polar surface area (TPSA) is 93.0 Å². The first-order chi connectivity index (χ1) is 13.1. The Morgan fingerprint density at radius 3 is 2.25 bits per heavy atom. The van der Waals surface area contributed by atoms with Gasteiger partial charge in [-0.3, -0.25) is 14.7 Å². The summed E-state index contributed by atoms with van der Waals surface area (Å²) in [6, 6.07) is 10.1. The molecule has 0 saturated heterocycles. The van der Waals surface area contributed by atoms with Crippen molar-refractivity contribution in [1.29, 1.82) is 0 Å². The van der Waals surface area contributed by atoms with Crippen LogP contribution in [0.3, 0.4) is 0 Å². The van der Waals surface area contributed by atoms with E-state index >= 15 is 0 Å². The van der Waals surface area contributed by atoms with Crippen LogP contribution in [0.4, 0.5) is 11.4 Å². The molecular weight excluding hydrogens is 403 g/mol. The van der Waals surface area contributed by atoms with Crippen LogP contribution in [0.15, 0.2) is 41.2 Å². The summed E-state index contributed by atoms with van der Waals surface area (Å²) < 4.78 is 1.70. The monoisotopic (exact) mass is 424 g/mol. The van der Waals surface area contributed by atoms with Crippen LogP contribution in [-0.2, 0) is 0 Å². The second-order valence-electron chi connectivity index (χ2n) is 6.77. The lowest BCUT2D eigenvalue weighted by Crippen LogP contribution is -2.18. The number of rotatable bonds is 4. The fourth-order valence-electron chi connectivity index (χ4n) is 2.70. The standard InChI is InChI=1S/C10H11ClN2O.C9H11ClN2O2/c1-6(2)13-9-5-7(11)3-4-8(9)12-10(13)14;1-6(2)11-8-5-7(10)3-4-9(8)12(13)14/h3-6H,1-2H3,(H,12,14);3-6,11H,1-2H3. The summed E-state index contributed by atoms with van der Waals surface area (Å²) in [7, 11) is 0. The lowest BCUT2D eigenvalue weighted by molar-refractivity contribution is -0.384. The first kappa shape index (κ1) is 21.8. The molecule has 1 aromatic heterocycles. The van der Waals surface area contributed by atoms with E-state index < -0.39 is 4.92 Å². The molecule has 0 fully saturated rings. The van der Waals surface area contributed by atoms with Crippen LogP contribution in [-0.4, -0.2) is 20.5 Å². The predicted octanol–water partition coefficient (Wildman–Crippen LogP) is 5.63. The summed E-state index contributed by atoms with van der Waals surface area (Å²) >= 11 is 11.6. The van der Waals surface area contributed by atoms with Gasteiger partial charge in [0.05, 0.1) is 16.0 Å². The van der Waals surface area contributed by atoms with Gasteiger partial charge in [-0.25, -0.2) is 4.79 Å². The SMILES string of the molecule is CC(C)Nc1cc(Cl)ccc1[N+](=O)[O-].CC(C)n1c(=O)[nH]c2ccc(Cl)cc21. The van der Waals surface area contributed by atoms with Crippen LogP contribution in [0.2, 0.25) is 10.0 Å². The molecule has 2 N–H and O–H groups in total. The third kappa shape index (κ3) is 5.27. The Bertz CT molecular complexity index is 1040. The third-order valence-corrected chi connectivity index (χ3v) is 4.27. The molecule has 0 spiro atoms. The molecule has 3 aromatic rings. The number of nitrogens with zero attached hydrogens (tertiary/aromatic N) is 2. The van der Waals surface area contributed by atoms with Crippen LogP contribution >= 0.6 is 23.2 Å². The van der Waals surface area contributed by atoms with Gasteiger partial charge in [0.2, 0.25) is 0 Å². The summed E-state index contributed by atoms with van der Waals surface area (Å²) in [5, 5.41) is 14.7. The Labute approximate surface area is 172 Å². The van der Waals surface area contributed by atoms with Crippen molar-refractivity contribution >= 4 is 45.6 Å². The molecule has 9 heteroatoms. The van der Waals surface area contributed by atoms with Crippen LogP contribution < -0.4 is 11.0 Å². The number of nitro benzene ring substituents is 1. The quantitative estimate of drug-likeness (QED) is 0.418. The van der Waals surface area contributed by atoms with Crippen LogP contribution in [0.5, 0.6) is 0 Å². The molecular formula is C19H22Cl2N4O3. The highest BCUT2D eigenvalue weighted by molar-refractivity contribution is 6.31. The lowest BCUT2D eigenvalue weighted by Gasteiger charge is -2.10. The number of nitro groups is 1. The lowest BCUT2D eigenvalue weighted by atomic mass is 10.2. The molecule has 3 rings (SSSR count). The maximum atomic E-state index is 11.6. The van der Waals surface area contributed by atoms with E-state index in [0.29, 0.717) is 15.7 Å². The molecule has 0 radical (unpaired) electrons. The summed E-state index contributed by atoms with van der Waals surface area (Å²) in [5.74, 6) is 0. The van der Waals surface area contributed by atoms with Crippen molar-refractivity contribution < 1.29 is 4.92 Å². The van der Waals surface area contributed by atoms with E-state index in [0.717, 1.165) is 11.0 Å². The summed E-state index contributed by atoms with van der Waals surface area (Å²) in [6.45, 7) is 7.75. The largest absolute Gasteiger partial charge is 0.377 e. The molecule has 0 aliphatic heterocycles. The van der Waals surface area contributed by atoms with Crippen molar-refractivity contribution in [2.45, 2.75) is 39.8 Å². The van der Waals surface area contributed by atoms with E-state index in [9.17, 15) is 14.9 Å². The summed E-state index contributed by atoms with van der Waals surface area (Å²) in [4.78, 5) is 24.5. The van der Waals surface area contributed by atoms with Crippen molar-refractivity contribution in [3.05, 3.63) is 67.0 Å². The number of hydrogen-bond acceptors (Lipinski definition) is 4. The average molecular weight is 425 g/mol. The minimum Gasteiger partial charge on any atom is -0.377 e. The first-order valence-corrected chi connectivity index (χ1v) is 9.46. The fourth-order valence-corrected chi connectivity index (χ4v) is 3.04. The van der Waals surface area contributed by atoms with E-state index in [1.165, 1.54) is 12.1 Å². The highest BCUT2D eigenvalue weighted by Crippen LogP contribution is 2.28. The molecule has 0 unspecified atom stereocenters. The Morgan fingerprint density at radius 2 is 1.68 bits per heavy atom. The molecule has 7 nitrogen and oxygen atoms in total. The molecule has 0 aliphatic carbocycles. The number of aromatic nitrogens is 2. The maximum absolute atomic E-state index is 11.6. The van der Waals surface area contributed by atoms with Gasteiger partial charge >= 0.3 is 5.69 Å². The Kier molecular flexibility index (Phi) is 7.10. The molecule has 0 aliphatic rings. The maximum Gasteiger partial charge on any atom is 0.326 e. The number of aromatic amines is 1. The zero-order chi connectivity index (χ0) is 21.0. The van der Waals surface area contributed by atoms with Crippen molar-refractivity contribution in [2.24, 2.45) is 0 Å². The molecule has 150 valence electrons. The fraction of sp³-hybridized carbons (Fsp3) is 0.316. The average Bonchev–Trinajstić information content (AvgIpc) is 2.89. The molecule has 28 heavy (non-hydrogen) atoms. The molecule has 0 saturated carbocycles. The van der Waals surface area contributed by atoms with Crippen molar-refractivity contribution in [3.63, 3.8) is 0 Å². The second-order valence-corrected chi connectivity index (χ2v) is 7.65. The molecule has 0 bridgehead atoms. The van der Waals surface area contributed by atoms with Gasteiger partial charge in [0, 0.05) is 28.2 Å². The van der Waals surface area contributed by atoms with Crippen molar-refractivity contribution in [2.75, 3.05) is 5.32 Å². The molecule has 1 heterocycles. The van der Waals surface area contributed by atoms with E-state index in [4.69, 9.17) is 23.2 Å². The number of imidazole rings is 1. The number of fused-ring (bicyclic) bond motifs is 1. The van der Waals surface area contributed by atoms with Gasteiger partial charge in [0.15, 0.2) is 0 Å². The number of anilines is 1. The second kappa shape index (κ2) is 9.12. The van der Waals surface area contributed by atoms with Gasteiger partial charge in [-0.2, -0.15) is 0 Å². The number of nitrogens with one attached hydrogen (secondary N) is 2. The Morgan fingerprint density at radius 1 is 1.07 bits per heavy atom. The number of hydrogen-bond donors (Lipinski definition) is 2. The predicted molar refractivity (Wildman–Crippen MR) is 115 cm³/mol. The molecule has 0 amide bonds. The highest BCUT2D eigenvalue weighted by Gasteiger charge is 2.14. The van der Waals surface area contributed by atoms with Gasteiger partial charge in [-0.05, 0) is 58.0 Å². The van der Waals surface area contributed by atoms with Gasteiger partial charge in [-0.15, -0.1) is 0 Å². The third-order valence-electron chi connectivity index (χ3n) is 3.80. The van der Waals surface area contributed by atoms with E-state index in [1.807, 2.05) is 33.8 Å². The number of halogens is 2. The van der Waals surface area contributed by atoms with Gasteiger partial charge < -0.3 is 10.3 Å². The van der Waals surface area contributed by atoms with E-state index in [2.05, 4.69) is 10.3 Å². The van der Waals surface area contributed by atoms with E-state index in [1.54, 1.807) is 22.8 Å². The number of benzene rings is 2. The minimum absolute atomic E-state index is 0.0445. The van der Waals surface area contributed by atoms with E-state index in [-0.39, 0.29) is 23.5 Å². The summed E-state index contributed by atoms with van der Waals surface area (Å²) in [5.41, 5.74) is 2.10.